The fraction of sp³-hybridized carbons (Fsp3) is 0.250. The fourth-order valence-corrected chi connectivity index (χ4v) is 2.89. The highest BCUT2D eigenvalue weighted by Crippen LogP contribution is 2.27. The maximum absolute atomic E-state index is 13.5. The molecule has 4 nitrogen and oxygen atoms in total. The van der Waals surface area contributed by atoms with Crippen LogP contribution in [0, 0.1) is 11.6 Å². The molecule has 1 aliphatic heterocycles. The largest absolute Gasteiger partial charge is 0.329 e. The Balaban J connectivity index is 1.95. The first-order valence-electron chi connectivity index (χ1n) is 7.14. The zero-order valence-electron chi connectivity index (χ0n) is 12.1. The number of piperazine rings is 1. The summed E-state index contributed by atoms with van der Waals surface area (Å²) in [6, 6.07) is 5.09. The number of carbonyl (C=O) groups excluding carboxylic acids is 1. The van der Waals surface area contributed by atoms with Gasteiger partial charge in [-0.05, 0) is 23.8 Å². The van der Waals surface area contributed by atoms with Crippen molar-refractivity contribution in [2.75, 3.05) is 19.6 Å². The number of hydrogen-bond donors (Lipinski definition) is 1. The lowest BCUT2D eigenvalue weighted by atomic mass is 10.0. The van der Waals surface area contributed by atoms with Crippen molar-refractivity contribution in [3.63, 3.8) is 0 Å². The highest BCUT2D eigenvalue weighted by molar-refractivity contribution is 6.33. The van der Waals surface area contributed by atoms with E-state index in [1.54, 1.807) is 23.4 Å². The first-order valence-corrected chi connectivity index (χ1v) is 7.52. The molecular formula is C16H14ClF2N3O. The molecule has 1 amide bonds. The number of amides is 1. The zero-order chi connectivity index (χ0) is 16.4. The average molecular weight is 338 g/mol. The van der Waals surface area contributed by atoms with Gasteiger partial charge in [-0.15, -0.1) is 0 Å². The first kappa shape index (κ1) is 15.8. The zero-order valence-corrected chi connectivity index (χ0v) is 12.9. The van der Waals surface area contributed by atoms with E-state index < -0.39 is 17.5 Å². The van der Waals surface area contributed by atoms with Crippen molar-refractivity contribution in [2.45, 2.75) is 6.04 Å². The molecule has 1 unspecified atom stereocenters. The molecule has 1 aromatic heterocycles. The van der Waals surface area contributed by atoms with Crippen LogP contribution < -0.4 is 5.32 Å². The Kier molecular flexibility index (Phi) is 4.54. The normalized spacial score (nSPS) is 18.0. The molecule has 7 heteroatoms. The summed E-state index contributed by atoms with van der Waals surface area (Å²) in [6.07, 6.45) is 3.34. The van der Waals surface area contributed by atoms with E-state index in [1.807, 2.05) is 6.07 Å². The summed E-state index contributed by atoms with van der Waals surface area (Å²) in [5, 5.41) is 3.12. The molecule has 0 bridgehead atoms. The van der Waals surface area contributed by atoms with Crippen molar-refractivity contribution < 1.29 is 13.6 Å². The van der Waals surface area contributed by atoms with Crippen LogP contribution in [0.25, 0.3) is 0 Å². The van der Waals surface area contributed by atoms with Gasteiger partial charge in [0.05, 0.1) is 16.6 Å². The van der Waals surface area contributed by atoms with E-state index in [4.69, 9.17) is 11.6 Å². The number of nitrogens with one attached hydrogen (secondary N) is 1. The third kappa shape index (κ3) is 3.18. The Labute approximate surface area is 137 Å². The summed E-state index contributed by atoms with van der Waals surface area (Å²) in [4.78, 5) is 18.4. The Morgan fingerprint density at radius 2 is 2.13 bits per heavy atom. The SMILES string of the molecule is O=C(c1cc(F)c(F)cc1Cl)N1CCNCC1c1cccnc1. The second-order valence-electron chi connectivity index (χ2n) is 5.25. The lowest BCUT2D eigenvalue weighted by Gasteiger charge is -2.36. The minimum atomic E-state index is -1.09. The first-order chi connectivity index (χ1) is 11.1. The number of nitrogens with zero attached hydrogens (tertiary/aromatic N) is 2. The van der Waals surface area contributed by atoms with Gasteiger partial charge < -0.3 is 10.2 Å². The van der Waals surface area contributed by atoms with Crippen molar-refractivity contribution in [3.8, 4) is 0 Å². The third-order valence-corrected chi connectivity index (χ3v) is 4.13. The minimum Gasteiger partial charge on any atom is -0.329 e. The summed E-state index contributed by atoms with van der Waals surface area (Å²) in [5.41, 5.74) is 0.827. The van der Waals surface area contributed by atoms with Crippen molar-refractivity contribution in [3.05, 3.63) is 64.4 Å². The van der Waals surface area contributed by atoms with E-state index in [-0.39, 0.29) is 16.6 Å². The minimum absolute atomic E-state index is 0.0404. The molecule has 1 saturated heterocycles. The second kappa shape index (κ2) is 6.60. The lowest BCUT2D eigenvalue weighted by Crippen LogP contribution is -2.48. The molecule has 1 aliphatic rings. The molecule has 1 N–H and O–H groups in total. The van der Waals surface area contributed by atoms with Gasteiger partial charge in [0.1, 0.15) is 0 Å². The standard InChI is InChI=1S/C16H14ClF2N3O/c17-12-7-14(19)13(18)6-11(12)16(23)22-5-4-21-9-15(22)10-2-1-3-20-8-10/h1-3,6-8,15,21H,4-5,9H2. The summed E-state index contributed by atoms with van der Waals surface area (Å²) in [6.45, 7) is 1.61. The molecule has 2 heterocycles. The van der Waals surface area contributed by atoms with E-state index in [0.29, 0.717) is 19.6 Å². The fourth-order valence-electron chi connectivity index (χ4n) is 2.66. The molecule has 23 heavy (non-hydrogen) atoms. The second-order valence-corrected chi connectivity index (χ2v) is 5.66. The number of carbonyl (C=O) groups is 1. The van der Waals surface area contributed by atoms with Gasteiger partial charge >= 0.3 is 0 Å². The van der Waals surface area contributed by atoms with Gasteiger partial charge in [0.15, 0.2) is 11.6 Å². The predicted molar refractivity (Wildman–Crippen MR) is 82.3 cm³/mol. The molecular weight excluding hydrogens is 324 g/mol. The van der Waals surface area contributed by atoms with Gasteiger partial charge in [0.25, 0.3) is 5.91 Å². The van der Waals surface area contributed by atoms with Crippen LogP contribution in [0.3, 0.4) is 0 Å². The highest BCUT2D eigenvalue weighted by atomic mass is 35.5. The number of aromatic nitrogens is 1. The lowest BCUT2D eigenvalue weighted by molar-refractivity contribution is 0.0633. The van der Waals surface area contributed by atoms with Gasteiger partial charge in [0.2, 0.25) is 0 Å². The molecule has 0 saturated carbocycles. The van der Waals surface area contributed by atoms with Gasteiger partial charge in [-0.25, -0.2) is 8.78 Å². The van der Waals surface area contributed by atoms with Crippen LogP contribution in [0.2, 0.25) is 5.02 Å². The van der Waals surface area contributed by atoms with E-state index in [1.165, 1.54) is 0 Å². The average Bonchev–Trinajstić information content (AvgIpc) is 2.58. The maximum atomic E-state index is 13.5. The topological polar surface area (TPSA) is 45.2 Å². The van der Waals surface area contributed by atoms with Gasteiger partial charge in [-0.2, -0.15) is 0 Å². The predicted octanol–water partition coefficient (Wildman–Crippen LogP) is 2.80. The van der Waals surface area contributed by atoms with E-state index in [9.17, 15) is 13.6 Å². The molecule has 0 radical (unpaired) electrons. The van der Waals surface area contributed by atoms with Crippen LogP contribution >= 0.6 is 11.6 Å². The van der Waals surface area contributed by atoms with Crippen LogP contribution in [0.4, 0.5) is 8.78 Å². The molecule has 1 fully saturated rings. The van der Waals surface area contributed by atoms with Crippen LogP contribution in [0.5, 0.6) is 0 Å². The van der Waals surface area contributed by atoms with E-state index >= 15 is 0 Å². The summed E-state index contributed by atoms with van der Waals surface area (Å²) < 4.78 is 26.7. The number of rotatable bonds is 2. The van der Waals surface area contributed by atoms with Crippen LogP contribution in [0.1, 0.15) is 22.0 Å². The number of pyridine rings is 1. The van der Waals surface area contributed by atoms with Gasteiger partial charge in [-0.1, -0.05) is 17.7 Å². The molecule has 1 atom stereocenters. The quantitative estimate of drug-likeness (QED) is 0.857. The molecule has 1 aromatic carbocycles. The van der Waals surface area contributed by atoms with Crippen LogP contribution in [-0.4, -0.2) is 35.4 Å². The maximum Gasteiger partial charge on any atom is 0.256 e. The number of hydrogen-bond acceptors (Lipinski definition) is 3. The Morgan fingerprint density at radius 3 is 2.87 bits per heavy atom. The van der Waals surface area contributed by atoms with E-state index in [2.05, 4.69) is 10.3 Å². The van der Waals surface area contributed by atoms with Crippen LogP contribution in [-0.2, 0) is 0 Å². The molecule has 3 rings (SSSR count). The van der Waals surface area contributed by atoms with Crippen molar-refractivity contribution in [1.82, 2.24) is 15.2 Å². The summed E-state index contributed by atoms with van der Waals surface area (Å²) >= 11 is 5.93. The van der Waals surface area contributed by atoms with Crippen molar-refractivity contribution in [2.24, 2.45) is 0 Å². The molecule has 120 valence electrons. The van der Waals surface area contributed by atoms with Gasteiger partial charge in [0, 0.05) is 32.0 Å². The number of halogens is 3. The highest BCUT2D eigenvalue weighted by Gasteiger charge is 2.30. The molecule has 0 spiro atoms. The van der Waals surface area contributed by atoms with Crippen molar-refractivity contribution >= 4 is 17.5 Å². The summed E-state index contributed by atoms with van der Waals surface area (Å²) in [5.74, 6) is -2.59. The van der Waals surface area contributed by atoms with Crippen molar-refractivity contribution in [1.29, 1.82) is 0 Å². The smallest absolute Gasteiger partial charge is 0.256 e. The van der Waals surface area contributed by atoms with E-state index in [0.717, 1.165) is 17.7 Å². The van der Waals surface area contributed by atoms with Gasteiger partial charge in [-0.3, -0.25) is 9.78 Å². The molecule has 2 aromatic rings. The number of benzene rings is 1. The third-order valence-electron chi connectivity index (χ3n) is 3.81. The monoisotopic (exact) mass is 337 g/mol. The Bertz CT molecular complexity index is 727. The van der Waals surface area contributed by atoms with Crippen LogP contribution in [0.15, 0.2) is 36.7 Å². The Hall–Kier alpha value is -2.05. The summed E-state index contributed by atoms with van der Waals surface area (Å²) in [7, 11) is 0. The Morgan fingerprint density at radius 1 is 1.35 bits per heavy atom. The molecule has 0 aliphatic carbocycles.